The zero-order valence-corrected chi connectivity index (χ0v) is 17.2. The number of hydrogen-bond donors (Lipinski definition) is 0. The first-order valence-corrected chi connectivity index (χ1v) is 9.66. The van der Waals surface area contributed by atoms with E-state index in [-0.39, 0.29) is 11.9 Å². The summed E-state index contributed by atoms with van der Waals surface area (Å²) >= 11 is 5.60. The van der Waals surface area contributed by atoms with Gasteiger partial charge < -0.3 is 9.47 Å². The highest BCUT2D eigenvalue weighted by molar-refractivity contribution is 14.1. The number of carbonyl (C=O) groups is 2. The number of benzene rings is 2. The number of esters is 2. The van der Waals surface area contributed by atoms with Crippen LogP contribution >= 0.6 is 38.5 Å². The van der Waals surface area contributed by atoms with Gasteiger partial charge in [-0.2, -0.15) is 0 Å². The molecular formula is C18H18BrIO4. The van der Waals surface area contributed by atoms with Crippen molar-refractivity contribution in [3.63, 3.8) is 0 Å². The molecule has 0 bridgehead atoms. The van der Waals surface area contributed by atoms with E-state index in [0.29, 0.717) is 11.1 Å². The average molecular weight is 505 g/mol. The normalized spacial score (nSPS) is 9.50. The maximum absolute atomic E-state index is 11.0. The topological polar surface area (TPSA) is 52.6 Å². The first-order chi connectivity index (χ1) is 11.5. The largest absolute Gasteiger partial charge is 0.465 e. The summed E-state index contributed by atoms with van der Waals surface area (Å²) in [6, 6.07) is 14.7. The van der Waals surface area contributed by atoms with Crippen molar-refractivity contribution in [3.8, 4) is 0 Å². The van der Waals surface area contributed by atoms with E-state index in [1.165, 1.54) is 19.8 Å². The first kappa shape index (κ1) is 20.6. The van der Waals surface area contributed by atoms with Crippen molar-refractivity contribution in [1.82, 2.24) is 0 Å². The van der Waals surface area contributed by atoms with Gasteiger partial charge in [-0.25, -0.2) is 9.59 Å². The van der Waals surface area contributed by atoms with Gasteiger partial charge in [-0.1, -0.05) is 62.8 Å². The molecule has 0 spiro atoms. The Kier molecular flexibility index (Phi) is 9.63. The van der Waals surface area contributed by atoms with Crippen LogP contribution in [0.4, 0.5) is 0 Å². The number of carbonyl (C=O) groups excluding carboxylic acids is 2. The van der Waals surface area contributed by atoms with Gasteiger partial charge in [-0.15, -0.1) is 0 Å². The summed E-state index contributed by atoms with van der Waals surface area (Å²) in [5.41, 5.74) is 3.54. The van der Waals surface area contributed by atoms with Gasteiger partial charge in [0, 0.05) is 9.76 Å². The van der Waals surface area contributed by atoms with Gasteiger partial charge in [-0.05, 0) is 35.4 Å². The third-order valence-electron chi connectivity index (χ3n) is 3.06. The van der Waals surface area contributed by atoms with Gasteiger partial charge in [0.15, 0.2) is 0 Å². The summed E-state index contributed by atoms with van der Waals surface area (Å²) in [7, 11) is 2.76. The molecule has 0 radical (unpaired) electrons. The summed E-state index contributed by atoms with van der Waals surface area (Å²) in [4.78, 5) is 22.0. The summed E-state index contributed by atoms with van der Waals surface area (Å²) in [6.07, 6.45) is 0. The monoisotopic (exact) mass is 504 g/mol. The summed E-state index contributed by atoms with van der Waals surface area (Å²) < 4.78 is 10.1. The van der Waals surface area contributed by atoms with E-state index in [1.807, 2.05) is 24.3 Å². The standard InChI is InChI=1S/C9H9BrO2.C9H9IO2/c2*1-12-9(11)8-4-2-7(6-10)3-5-8/h2*2-5H,6H2,1H3. The van der Waals surface area contributed by atoms with Gasteiger partial charge in [0.25, 0.3) is 0 Å². The predicted octanol–water partition coefficient (Wildman–Crippen LogP) is 4.78. The van der Waals surface area contributed by atoms with Crippen molar-refractivity contribution in [2.45, 2.75) is 9.76 Å². The molecule has 2 rings (SSSR count). The van der Waals surface area contributed by atoms with E-state index in [4.69, 9.17) is 0 Å². The summed E-state index contributed by atoms with van der Waals surface area (Å²) in [5, 5.41) is 0.800. The molecule has 0 fully saturated rings. The van der Waals surface area contributed by atoms with Crippen LogP contribution in [0.15, 0.2) is 48.5 Å². The second kappa shape index (κ2) is 11.2. The molecule has 0 aliphatic heterocycles. The molecule has 0 heterocycles. The lowest BCUT2D eigenvalue weighted by atomic mass is 10.1. The molecule has 0 saturated heterocycles. The molecule has 0 atom stereocenters. The molecule has 0 amide bonds. The van der Waals surface area contributed by atoms with Crippen LogP contribution in [0, 0.1) is 0 Å². The fourth-order valence-electron chi connectivity index (χ4n) is 1.70. The highest BCUT2D eigenvalue weighted by Gasteiger charge is 2.03. The highest BCUT2D eigenvalue weighted by Crippen LogP contribution is 2.09. The lowest BCUT2D eigenvalue weighted by Crippen LogP contribution is -2.00. The van der Waals surface area contributed by atoms with Crippen LogP contribution in [-0.4, -0.2) is 26.2 Å². The molecule has 6 heteroatoms. The fourth-order valence-corrected chi connectivity index (χ4v) is 2.58. The van der Waals surface area contributed by atoms with E-state index < -0.39 is 0 Å². The minimum atomic E-state index is -0.295. The molecule has 2 aromatic rings. The SMILES string of the molecule is COC(=O)c1ccc(CBr)cc1.COC(=O)c1ccc(CI)cc1. The number of halogens is 2. The van der Waals surface area contributed by atoms with Gasteiger partial charge in [0.05, 0.1) is 25.3 Å². The Morgan fingerprint density at radius 1 is 0.833 bits per heavy atom. The molecule has 0 aliphatic carbocycles. The van der Waals surface area contributed by atoms with Crippen molar-refractivity contribution >= 4 is 50.5 Å². The molecule has 4 nitrogen and oxygen atoms in total. The minimum Gasteiger partial charge on any atom is -0.465 e. The predicted molar refractivity (Wildman–Crippen MR) is 106 cm³/mol. The maximum atomic E-state index is 11.0. The van der Waals surface area contributed by atoms with Crippen molar-refractivity contribution in [3.05, 3.63) is 70.8 Å². The Balaban J connectivity index is 0.000000240. The van der Waals surface area contributed by atoms with Gasteiger partial charge in [-0.3, -0.25) is 0 Å². The number of hydrogen-bond acceptors (Lipinski definition) is 4. The van der Waals surface area contributed by atoms with Crippen molar-refractivity contribution < 1.29 is 19.1 Å². The van der Waals surface area contributed by atoms with Gasteiger partial charge >= 0.3 is 11.9 Å². The molecule has 128 valence electrons. The van der Waals surface area contributed by atoms with Crippen molar-refractivity contribution in [2.75, 3.05) is 14.2 Å². The highest BCUT2D eigenvalue weighted by atomic mass is 127. The summed E-state index contributed by atoms with van der Waals surface area (Å²) in [5.74, 6) is -0.578. The molecule has 0 aromatic heterocycles. The van der Waals surface area contributed by atoms with E-state index in [1.54, 1.807) is 24.3 Å². The second-order valence-electron chi connectivity index (χ2n) is 4.64. The Morgan fingerprint density at radius 2 is 1.21 bits per heavy atom. The van der Waals surface area contributed by atoms with Crippen LogP contribution in [0.25, 0.3) is 0 Å². The van der Waals surface area contributed by atoms with E-state index in [9.17, 15) is 9.59 Å². The third kappa shape index (κ3) is 6.60. The number of methoxy groups -OCH3 is 2. The Bertz CT molecular complexity index is 594. The van der Waals surface area contributed by atoms with Crippen molar-refractivity contribution in [2.24, 2.45) is 0 Å². The zero-order valence-electron chi connectivity index (χ0n) is 13.4. The van der Waals surface area contributed by atoms with Crippen LogP contribution in [0.5, 0.6) is 0 Å². The third-order valence-corrected chi connectivity index (χ3v) is 4.59. The molecule has 24 heavy (non-hydrogen) atoms. The van der Waals surface area contributed by atoms with E-state index >= 15 is 0 Å². The summed E-state index contributed by atoms with van der Waals surface area (Å²) in [6.45, 7) is 0. The van der Waals surface area contributed by atoms with E-state index in [2.05, 4.69) is 48.0 Å². The van der Waals surface area contributed by atoms with Gasteiger partial charge in [0.1, 0.15) is 0 Å². The zero-order chi connectivity index (χ0) is 17.9. The van der Waals surface area contributed by atoms with Crippen LogP contribution in [0.2, 0.25) is 0 Å². The Labute approximate surface area is 163 Å². The maximum Gasteiger partial charge on any atom is 0.337 e. The molecule has 0 saturated carbocycles. The molecule has 2 aromatic carbocycles. The fraction of sp³-hybridized carbons (Fsp3) is 0.222. The van der Waals surface area contributed by atoms with Crippen LogP contribution in [0.3, 0.4) is 0 Å². The lowest BCUT2D eigenvalue weighted by molar-refractivity contribution is 0.0592. The molecular weight excluding hydrogens is 487 g/mol. The van der Waals surface area contributed by atoms with Crippen LogP contribution in [-0.2, 0) is 19.2 Å². The lowest BCUT2D eigenvalue weighted by Gasteiger charge is -1.99. The van der Waals surface area contributed by atoms with Crippen LogP contribution in [0.1, 0.15) is 31.8 Å². The smallest absolute Gasteiger partial charge is 0.337 e. The molecule has 0 N–H and O–H groups in total. The Morgan fingerprint density at radius 3 is 1.50 bits per heavy atom. The Hall–Kier alpha value is -1.41. The van der Waals surface area contributed by atoms with E-state index in [0.717, 1.165) is 15.3 Å². The number of rotatable bonds is 4. The second-order valence-corrected chi connectivity index (χ2v) is 5.97. The molecule has 0 unspecified atom stereocenters. The van der Waals surface area contributed by atoms with Crippen molar-refractivity contribution in [1.29, 1.82) is 0 Å². The first-order valence-electron chi connectivity index (χ1n) is 7.02. The van der Waals surface area contributed by atoms with Crippen LogP contribution < -0.4 is 0 Å². The number of ether oxygens (including phenoxy) is 2. The van der Waals surface area contributed by atoms with Gasteiger partial charge in [0.2, 0.25) is 0 Å². The number of alkyl halides is 2. The average Bonchev–Trinajstić information content (AvgIpc) is 2.67. The quantitative estimate of drug-likeness (QED) is 0.341. The molecule has 0 aliphatic rings. The minimum absolute atomic E-state index is 0.282.